The number of rotatable bonds is 3. The molecule has 20 heavy (non-hydrogen) atoms. The van der Waals surface area contributed by atoms with Gasteiger partial charge in [0.15, 0.2) is 0 Å². The molecule has 0 aromatic rings. The van der Waals surface area contributed by atoms with Crippen molar-refractivity contribution < 1.29 is 9.90 Å². The largest absolute Gasteiger partial charge is 0.390 e. The lowest BCUT2D eigenvalue weighted by Crippen LogP contribution is -2.57. The highest BCUT2D eigenvalue weighted by atomic mass is 16.3. The number of carbonyl (C=O) groups excluding carboxylic acids is 1. The van der Waals surface area contributed by atoms with Crippen LogP contribution in [-0.2, 0) is 4.79 Å². The molecule has 0 spiro atoms. The minimum atomic E-state index is -0.603. The van der Waals surface area contributed by atoms with Crippen LogP contribution in [-0.4, -0.2) is 16.5 Å². The lowest BCUT2D eigenvalue weighted by molar-refractivity contribution is -0.169. The fourth-order valence-electron chi connectivity index (χ4n) is 5.61. The highest BCUT2D eigenvalue weighted by Crippen LogP contribution is 2.62. The Bertz CT molecular complexity index is 383. The number of fused-ring (bicyclic) bond motifs is 1. The second-order valence-electron chi connectivity index (χ2n) is 8.59. The summed E-state index contributed by atoms with van der Waals surface area (Å²) in [6.45, 7) is 10.9. The van der Waals surface area contributed by atoms with Gasteiger partial charge in [-0.05, 0) is 68.6 Å². The maximum absolute atomic E-state index is 11.4. The Morgan fingerprint density at radius 3 is 2.40 bits per heavy atom. The van der Waals surface area contributed by atoms with Gasteiger partial charge in [0.05, 0.1) is 5.60 Å². The standard InChI is InChI=1S/C18H32O2/c1-13(19)7-8-15-17(4)11-6-10-16(2,3)14(17)9-12-18(15,5)20/h14-15,20H,6-12H2,1-5H3/t14?,15-,17?,18-/m1/s1. The Morgan fingerprint density at radius 2 is 1.80 bits per heavy atom. The van der Waals surface area contributed by atoms with Gasteiger partial charge in [0, 0.05) is 6.42 Å². The summed E-state index contributed by atoms with van der Waals surface area (Å²) in [5, 5.41) is 10.9. The van der Waals surface area contributed by atoms with Crippen LogP contribution in [0.2, 0.25) is 0 Å². The van der Waals surface area contributed by atoms with Gasteiger partial charge in [-0.1, -0.05) is 27.2 Å². The molecule has 2 fully saturated rings. The van der Waals surface area contributed by atoms with Gasteiger partial charge in [-0.2, -0.15) is 0 Å². The molecule has 0 aromatic heterocycles. The molecule has 0 bridgehead atoms. The second kappa shape index (κ2) is 5.12. The summed E-state index contributed by atoms with van der Waals surface area (Å²) < 4.78 is 0. The number of Topliss-reactive ketones (excluding diaryl/α,β-unsaturated/α-hetero) is 1. The van der Waals surface area contributed by atoms with Gasteiger partial charge >= 0.3 is 0 Å². The van der Waals surface area contributed by atoms with Gasteiger partial charge in [-0.15, -0.1) is 0 Å². The number of hydrogen-bond donors (Lipinski definition) is 1. The van der Waals surface area contributed by atoms with Crippen molar-refractivity contribution in [2.45, 2.75) is 85.2 Å². The Morgan fingerprint density at radius 1 is 1.15 bits per heavy atom. The maximum atomic E-state index is 11.4. The monoisotopic (exact) mass is 280 g/mol. The van der Waals surface area contributed by atoms with Crippen LogP contribution in [0.3, 0.4) is 0 Å². The third-order valence-electron chi connectivity index (χ3n) is 6.55. The Hall–Kier alpha value is -0.370. The molecule has 1 N–H and O–H groups in total. The minimum absolute atomic E-state index is 0.193. The smallest absolute Gasteiger partial charge is 0.129 e. The van der Waals surface area contributed by atoms with Crippen molar-refractivity contribution in [3.8, 4) is 0 Å². The summed E-state index contributed by atoms with van der Waals surface area (Å²) in [6.07, 6.45) is 7.25. The van der Waals surface area contributed by atoms with E-state index in [9.17, 15) is 9.90 Å². The van der Waals surface area contributed by atoms with E-state index in [4.69, 9.17) is 0 Å². The van der Waals surface area contributed by atoms with Crippen LogP contribution in [0.25, 0.3) is 0 Å². The molecule has 2 aliphatic carbocycles. The van der Waals surface area contributed by atoms with Crippen LogP contribution >= 0.6 is 0 Å². The van der Waals surface area contributed by atoms with Crippen molar-refractivity contribution in [2.24, 2.45) is 22.7 Å². The van der Waals surface area contributed by atoms with E-state index >= 15 is 0 Å². The molecule has 0 saturated heterocycles. The van der Waals surface area contributed by atoms with Gasteiger partial charge in [0.25, 0.3) is 0 Å². The van der Waals surface area contributed by atoms with Crippen LogP contribution in [0.15, 0.2) is 0 Å². The zero-order valence-electron chi connectivity index (χ0n) is 14.0. The summed E-state index contributed by atoms with van der Waals surface area (Å²) in [5.74, 6) is 1.19. The first-order valence-corrected chi connectivity index (χ1v) is 8.31. The molecular formula is C18H32O2. The minimum Gasteiger partial charge on any atom is -0.390 e. The second-order valence-corrected chi connectivity index (χ2v) is 8.59. The van der Waals surface area contributed by atoms with Crippen molar-refractivity contribution >= 4 is 5.78 Å². The zero-order chi connectivity index (χ0) is 15.2. The van der Waals surface area contributed by atoms with E-state index in [1.165, 1.54) is 19.3 Å². The fourth-order valence-corrected chi connectivity index (χ4v) is 5.61. The average Bonchev–Trinajstić information content (AvgIpc) is 2.25. The Labute approximate surface area is 124 Å². The Kier molecular flexibility index (Phi) is 4.10. The first kappa shape index (κ1) is 16.0. The van der Waals surface area contributed by atoms with Gasteiger partial charge in [0.1, 0.15) is 5.78 Å². The molecular weight excluding hydrogens is 248 g/mol. The predicted molar refractivity (Wildman–Crippen MR) is 82.5 cm³/mol. The summed E-state index contributed by atoms with van der Waals surface area (Å²) in [5.41, 5.74) is -0.0367. The molecule has 0 radical (unpaired) electrons. The van der Waals surface area contributed by atoms with Crippen LogP contribution in [0.4, 0.5) is 0 Å². The van der Waals surface area contributed by atoms with E-state index < -0.39 is 5.60 Å². The van der Waals surface area contributed by atoms with Crippen LogP contribution in [0.5, 0.6) is 0 Å². The zero-order valence-corrected chi connectivity index (χ0v) is 14.0. The molecule has 4 atom stereocenters. The molecule has 0 aromatic carbocycles. The summed E-state index contributed by atoms with van der Waals surface area (Å²) in [7, 11) is 0. The molecule has 2 aliphatic rings. The topological polar surface area (TPSA) is 37.3 Å². The molecule has 0 aliphatic heterocycles. The number of aliphatic hydroxyl groups is 1. The summed E-state index contributed by atoms with van der Waals surface area (Å²) in [4.78, 5) is 11.4. The first-order valence-electron chi connectivity index (χ1n) is 8.31. The van der Waals surface area contributed by atoms with E-state index in [1.54, 1.807) is 6.92 Å². The van der Waals surface area contributed by atoms with Crippen molar-refractivity contribution in [2.75, 3.05) is 0 Å². The van der Waals surface area contributed by atoms with Gasteiger partial charge in [-0.25, -0.2) is 0 Å². The third-order valence-corrected chi connectivity index (χ3v) is 6.55. The highest BCUT2D eigenvalue weighted by molar-refractivity contribution is 5.75. The van der Waals surface area contributed by atoms with Crippen LogP contribution in [0.1, 0.15) is 79.6 Å². The SMILES string of the molecule is CC(=O)CC[C@@H]1C2(C)CCCC(C)(C)C2CC[C@@]1(C)O. The lowest BCUT2D eigenvalue weighted by Gasteiger charge is -2.61. The molecule has 0 heterocycles. The van der Waals surface area contributed by atoms with Gasteiger partial charge in [-0.3, -0.25) is 0 Å². The molecule has 2 rings (SSSR count). The maximum Gasteiger partial charge on any atom is 0.129 e. The van der Waals surface area contributed by atoms with Crippen molar-refractivity contribution in [3.05, 3.63) is 0 Å². The predicted octanol–water partition coefficient (Wildman–Crippen LogP) is 4.35. The van der Waals surface area contributed by atoms with E-state index in [-0.39, 0.29) is 17.1 Å². The van der Waals surface area contributed by atoms with E-state index in [0.29, 0.717) is 17.8 Å². The van der Waals surface area contributed by atoms with Crippen molar-refractivity contribution in [3.63, 3.8) is 0 Å². The normalized spacial score (nSPS) is 43.9. The molecule has 2 unspecified atom stereocenters. The summed E-state index contributed by atoms with van der Waals surface area (Å²) in [6, 6.07) is 0. The van der Waals surface area contributed by atoms with Crippen molar-refractivity contribution in [1.82, 2.24) is 0 Å². The van der Waals surface area contributed by atoms with Crippen LogP contribution < -0.4 is 0 Å². The highest BCUT2D eigenvalue weighted by Gasteiger charge is 2.57. The summed E-state index contributed by atoms with van der Waals surface area (Å²) >= 11 is 0. The number of ketones is 1. The van der Waals surface area contributed by atoms with Gasteiger partial charge in [0.2, 0.25) is 0 Å². The number of hydrogen-bond acceptors (Lipinski definition) is 2. The lowest BCUT2D eigenvalue weighted by atomic mass is 9.45. The number of carbonyl (C=O) groups is 1. The van der Waals surface area contributed by atoms with E-state index in [1.807, 2.05) is 6.92 Å². The molecule has 2 heteroatoms. The van der Waals surface area contributed by atoms with Crippen molar-refractivity contribution in [1.29, 1.82) is 0 Å². The molecule has 116 valence electrons. The van der Waals surface area contributed by atoms with E-state index in [0.717, 1.165) is 19.3 Å². The molecule has 0 amide bonds. The fraction of sp³-hybridized carbons (Fsp3) is 0.944. The van der Waals surface area contributed by atoms with Crippen LogP contribution in [0, 0.1) is 22.7 Å². The Balaban J connectivity index is 2.30. The molecule has 2 saturated carbocycles. The quantitative estimate of drug-likeness (QED) is 0.834. The van der Waals surface area contributed by atoms with E-state index in [2.05, 4.69) is 20.8 Å². The average molecular weight is 280 g/mol. The molecule has 2 nitrogen and oxygen atoms in total. The van der Waals surface area contributed by atoms with Gasteiger partial charge < -0.3 is 9.90 Å². The first-order chi connectivity index (χ1) is 9.09. The third kappa shape index (κ3) is 2.68.